The van der Waals surface area contributed by atoms with Crippen molar-refractivity contribution in [1.29, 1.82) is 0 Å². The topological polar surface area (TPSA) is 48.4 Å². The molecule has 0 amide bonds. The lowest BCUT2D eigenvalue weighted by Gasteiger charge is -2.36. The Kier molecular flexibility index (Phi) is 7.44. The number of pyridine rings is 1. The number of carbonyl (C=O) groups excluding carboxylic acids is 1. The van der Waals surface area contributed by atoms with Crippen molar-refractivity contribution in [2.24, 2.45) is 0 Å². The van der Waals surface area contributed by atoms with Gasteiger partial charge in [-0.15, -0.1) is 35.3 Å². The van der Waals surface area contributed by atoms with Crippen LogP contribution in [0.25, 0.3) is 0 Å². The summed E-state index contributed by atoms with van der Waals surface area (Å²) in [6.45, 7) is 2.85. The van der Waals surface area contributed by atoms with E-state index < -0.39 is 0 Å². The lowest BCUT2D eigenvalue weighted by atomic mass is 10.0. The van der Waals surface area contributed by atoms with Crippen LogP contribution in [-0.4, -0.2) is 42.9 Å². The third-order valence-corrected chi connectivity index (χ3v) is 8.60. The smallest absolute Gasteiger partial charge is 0.339 e. The Balaban J connectivity index is 1.95. The number of benzene rings is 1. The monoisotopic (exact) mass is 445 g/mol. The number of fused-ring (bicyclic) bond motifs is 1. The fourth-order valence-electron chi connectivity index (χ4n) is 3.12. The van der Waals surface area contributed by atoms with Crippen LogP contribution in [0.4, 0.5) is 0 Å². The van der Waals surface area contributed by atoms with Crippen molar-refractivity contribution < 1.29 is 14.3 Å². The maximum Gasteiger partial charge on any atom is 0.339 e. The van der Waals surface area contributed by atoms with Crippen LogP contribution in [0.15, 0.2) is 35.4 Å². The zero-order valence-corrected chi connectivity index (χ0v) is 19.4. The molecule has 0 saturated carbocycles. The third-order valence-electron chi connectivity index (χ3n) is 4.66. The second-order valence-corrected chi connectivity index (χ2v) is 9.53. The van der Waals surface area contributed by atoms with Gasteiger partial charge in [0.1, 0.15) is 11.4 Å². The van der Waals surface area contributed by atoms with Crippen LogP contribution in [0.3, 0.4) is 0 Å². The van der Waals surface area contributed by atoms with Gasteiger partial charge in [0, 0.05) is 28.6 Å². The fourth-order valence-corrected chi connectivity index (χ4v) is 5.67. The molecule has 0 fully saturated rings. The SMILES string of the molecule is CCOC(=O)c1ccc(C#Cc2cc3c(cc2SC)OCCC3(SC)SC)nc1. The summed E-state index contributed by atoms with van der Waals surface area (Å²) in [5, 5.41) is 0. The third kappa shape index (κ3) is 4.71. The van der Waals surface area contributed by atoms with E-state index in [2.05, 4.69) is 41.5 Å². The number of esters is 1. The summed E-state index contributed by atoms with van der Waals surface area (Å²) in [5.41, 5.74) is 3.19. The van der Waals surface area contributed by atoms with E-state index in [0.29, 0.717) is 17.9 Å². The zero-order valence-electron chi connectivity index (χ0n) is 16.9. The van der Waals surface area contributed by atoms with E-state index in [-0.39, 0.29) is 10.0 Å². The molecule has 0 saturated heterocycles. The minimum Gasteiger partial charge on any atom is -0.493 e. The molecule has 0 radical (unpaired) electrons. The molecular weight excluding hydrogens is 422 g/mol. The van der Waals surface area contributed by atoms with E-state index in [0.717, 1.165) is 29.2 Å². The molecule has 1 aliphatic heterocycles. The second kappa shape index (κ2) is 9.84. The Hall–Kier alpha value is -1.75. The summed E-state index contributed by atoms with van der Waals surface area (Å²) >= 11 is 5.36. The minimum atomic E-state index is -0.371. The fraction of sp³-hybridized carbons (Fsp3) is 0.364. The van der Waals surface area contributed by atoms with Gasteiger partial charge in [-0.3, -0.25) is 0 Å². The van der Waals surface area contributed by atoms with E-state index in [4.69, 9.17) is 9.47 Å². The van der Waals surface area contributed by atoms with Crippen molar-refractivity contribution in [2.45, 2.75) is 22.3 Å². The van der Waals surface area contributed by atoms with Gasteiger partial charge >= 0.3 is 5.97 Å². The van der Waals surface area contributed by atoms with Crippen LogP contribution < -0.4 is 4.74 Å². The summed E-state index contributed by atoms with van der Waals surface area (Å²) in [4.78, 5) is 17.1. The van der Waals surface area contributed by atoms with Gasteiger partial charge in [0.15, 0.2) is 0 Å². The lowest BCUT2D eigenvalue weighted by molar-refractivity contribution is 0.0526. The number of hydrogen-bond acceptors (Lipinski definition) is 7. The number of carbonyl (C=O) groups is 1. The van der Waals surface area contributed by atoms with E-state index >= 15 is 0 Å². The average molecular weight is 446 g/mol. The molecule has 1 aliphatic rings. The van der Waals surface area contributed by atoms with Crippen molar-refractivity contribution >= 4 is 41.3 Å². The molecule has 7 heteroatoms. The molecule has 0 bridgehead atoms. The van der Waals surface area contributed by atoms with Gasteiger partial charge in [0.05, 0.1) is 22.9 Å². The van der Waals surface area contributed by atoms with Gasteiger partial charge in [0.2, 0.25) is 0 Å². The Morgan fingerprint density at radius 1 is 1.24 bits per heavy atom. The summed E-state index contributed by atoms with van der Waals surface area (Å²) < 4.78 is 10.9. The van der Waals surface area contributed by atoms with Gasteiger partial charge in [-0.2, -0.15) is 0 Å². The maximum absolute atomic E-state index is 11.8. The number of aromatic nitrogens is 1. The summed E-state index contributed by atoms with van der Waals surface area (Å²) in [6.07, 6.45) is 8.80. The molecular formula is C22H23NO3S3. The zero-order chi connectivity index (χ0) is 20.9. The van der Waals surface area contributed by atoms with Gasteiger partial charge in [-0.25, -0.2) is 9.78 Å². The maximum atomic E-state index is 11.8. The standard InChI is InChI=1S/C22H23NO3S3/c1-5-25-21(24)16-7-9-17(23-14-16)8-6-15-12-18-19(13-20(15)27-2)26-11-10-22(18,28-3)29-4/h7,9,12-14H,5,10-11H2,1-4H3. The minimum absolute atomic E-state index is 0.0134. The molecule has 1 aromatic heterocycles. The number of hydrogen-bond donors (Lipinski definition) is 0. The number of nitrogens with zero attached hydrogens (tertiary/aromatic N) is 1. The van der Waals surface area contributed by atoms with Crippen LogP contribution in [0, 0.1) is 11.8 Å². The van der Waals surface area contributed by atoms with Gasteiger partial charge < -0.3 is 9.47 Å². The van der Waals surface area contributed by atoms with Crippen molar-refractivity contribution in [3.05, 3.63) is 52.8 Å². The predicted molar refractivity (Wildman–Crippen MR) is 123 cm³/mol. The normalized spacial score (nSPS) is 14.2. The predicted octanol–water partition coefficient (Wildman–Crippen LogP) is 5.04. The Morgan fingerprint density at radius 3 is 2.66 bits per heavy atom. The van der Waals surface area contributed by atoms with Crippen LogP contribution in [0.2, 0.25) is 0 Å². The van der Waals surface area contributed by atoms with E-state index in [1.807, 2.05) is 29.8 Å². The van der Waals surface area contributed by atoms with Gasteiger partial charge in [-0.05, 0) is 55.9 Å². The molecule has 0 unspecified atom stereocenters. The van der Waals surface area contributed by atoms with Crippen LogP contribution in [0.1, 0.15) is 40.5 Å². The van der Waals surface area contributed by atoms with Crippen LogP contribution in [0.5, 0.6) is 5.75 Å². The summed E-state index contributed by atoms with van der Waals surface area (Å²) in [5.74, 6) is 6.97. The Bertz CT molecular complexity index is 944. The first-order valence-corrected chi connectivity index (χ1v) is 12.8. The van der Waals surface area contributed by atoms with E-state index in [1.54, 1.807) is 30.8 Å². The average Bonchev–Trinajstić information content (AvgIpc) is 2.77. The van der Waals surface area contributed by atoms with Gasteiger partial charge in [0.25, 0.3) is 0 Å². The summed E-state index contributed by atoms with van der Waals surface area (Å²) in [6, 6.07) is 7.69. The molecule has 0 atom stereocenters. The number of rotatable bonds is 5. The van der Waals surface area contributed by atoms with Crippen molar-refractivity contribution in [1.82, 2.24) is 4.98 Å². The Labute approximate surface area is 184 Å². The molecule has 0 spiro atoms. The molecule has 2 heterocycles. The molecule has 0 N–H and O–H groups in total. The van der Waals surface area contributed by atoms with Crippen molar-refractivity contribution in [3.8, 4) is 17.6 Å². The highest BCUT2D eigenvalue weighted by molar-refractivity contribution is 8.16. The van der Waals surface area contributed by atoms with Crippen LogP contribution >= 0.6 is 35.3 Å². The Morgan fingerprint density at radius 2 is 2.03 bits per heavy atom. The van der Waals surface area contributed by atoms with E-state index in [9.17, 15) is 4.79 Å². The molecule has 3 rings (SSSR count). The molecule has 0 aliphatic carbocycles. The highest BCUT2D eigenvalue weighted by atomic mass is 32.2. The van der Waals surface area contributed by atoms with E-state index in [1.165, 1.54) is 11.8 Å². The van der Waals surface area contributed by atoms with Crippen LogP contribution in [-0.2, 0) is 8.82 Å². The quantitative estimate of drug-likeness (QED) is 0.276. The second-order valence-electron chi connectivity index (χ2n) is 6.21. The molecule has 2 aromatic rings. The number of thioether (sulfide) groups is 3. The molecule has 4 nitrogen and oxygen atoms in total. The highest BCUT2D eigenvalue weighted by Crippen LogP contribution is 2.53. The van der Waals surface area contributed by atoms with Crippen molar-refractivity contribution in [2.75, 3.05) is 32.0 Å². The first kappa shape index (κ1) is 21.9. The molecule has 152 valence electrons. The van der Waals surface area contributed by atoms with Crippen molar-refractivity contribution in [3.63, 3.8) is 0 Å². The molecule has 1 aromatic carbocycles. The highest BCUT2D eigenvalue weighted by Gasteiger charge is 2.37. The largest absolute Gasteiger partial charge is 0.493 e. The van der Waals surface area contributed by atoms with Gasteiger partial charge in [-0.1, -0.05) is 5.92 Å². The first-order valence-electron chi connectivity index (χ1n) is 9.17. The number of ether oxygens (including phenoxy) is 2. The molecule has 29 heavy (non-hydrogen) atoms. The lowest BCUT2D eigenvalue weighted by Crippen LogP contribution is -2.26. The summed E-state index contributed by atoms with van der Waals surface area (Å²) in [7, 11) is 0. The first-order chi connectivity index (χ1) is 14.1.